The van der Waals surface area contributed by atoms with E-state index in [2.05, 4.69) is 56.9 Å². The molecule has 2 rings (SSSR count). The average molecular weight is 296 g/mol. The van der Waals surface area contributed by atoms with Crippen LogP contribution in [-0.4, -0.2) is 27.1 Å². The third kappa shape index (κ3) is 4.81. The van der Waals surface area contributed by atoms with Gasteiger partial charge in [0.15, 0.2) is 5.96 Å². The van der Waals surface area contributed by atoms with Crippen LogP contribution in [0.3, 0.4) is 0 Å². The van der Waals surface area contributed by atoms with Crippen LogP contribution in [0, 0.1) is 0 Å². The van der Waals surface area contributed by atoms with E-state index in [0.717, 1.165) is 19.0 Å². The highest BCUT2D eigenvalue weighted by molar-refractivity contribution is 5.79. The quantitative estimate of drug-likeness (QED) is 0.658. The number of hydrogen-bond acceptors (Lipinski definition) is 2. The Hall–Kier alpha value is -2.49. The van der Waals surface area contributed by atoms with Crippen LogP contribution in [0.1, 0.15) is 11.1 Å². The van der Waals surface area contributed by atoms with Crippen molar-refractivity contribution in [2.75, 3.05) is 26.0 Å². The van der Waals surface area contributed by atoms with Gasteiger partial charge in [-0.2, -0.15) is 0 Å². The van der Waals surface area contributed by atoms with Crippen LogP contribution in [0.5, 0.6) is 0 Å². The molecular formula is C18H24N4. The third-order valence-electron chi connectivity index (χ3n) is 3.44. The van der Waals surface area contributed by atoms with Gasteiger partial charge >= 0.3 is 0 Å². The molecule has 0 heterocycles. The predicted octanol–water partition coefficient (Wildman–Crippen LogP) is 2.62. The van der Waals surface area contributed by atoms with Crippen molar-refractivity contribution in [2.45, 2.75) is 13.1 Å². The van der Waals surface area contributed by atoms with Gasteiger partial charge in [-0.15, -0.1) is 0 Å². The fourth-order valence-corrected chi connectivity index (χ4v) is 2.10. The molecule has 0 saturated heterocycles. The zero-order valence-corrected chi connectivity index (χ0v) is 13.5. The van der Waals surface area contributed by atoms with Gasteiger partial charge in [0.05, 0.1) is 0 Å². The van der Waals surface area contributed by atoms with Crippen molar-refractivity contribution in [3.05, 3.63) is 65.7 Å². The molecule has 0 bridgehead atoms. The minimum Gasteiger partial charge on any atom is -0.378 e. The van der Waals surface area contributed by atoms with Crippen LogP contribution in [0.2, 0.25) is 0 Å². The average Bonchev–Trinajstić information content (AvgIpc) is 2.56. The summed E-state index contributed by atoms with van der Waals surface area (Å²) in [4.78, 5) is 6.34. The standard InChI is InChI=1S/C18H24N4/c1-19-18(20-13-15-7-5-4-6-8-15)21-14-16-9-11-17(12-10-16)22(2)3/h4-12H,13-14H2,1-3H3,(H2,19,20,21). The van der Waals surface area contributed by atoms with Crippen molar-refractivity contribution in [1.29, 1.82) is 0 Å². The first kappa shape index (κ1) is 15.9. The second kappa shape index (κ2) is 8.08. The summed E-state index contributed by atoms with van der Waals surface area (Å²) in [6, 6.07) is 18.8. The second-order valence-corrected chi connectivity index (χ2v) is 5.33. The summed E-state index contributed by atoms with van der Waals surface area (Å²) in [7, 11) is 5.88. The van der Waals surface area contributed by atoms with E-state index >= 15 is 0 Å². The van der Waals surface area contributed by atoms with Gasteiger partial charge in [0.25, 0.3) is 0 Å². The van der Waals surface area contributed by atoms with E-state index < -0.39 is 0 Å². The SMILES string of the molecule is CN=C(NCc1ccccc1)NCc1ccc(N(C)C)cc1. The van der Waals surface area contributed by atoms with Crippen molar-refractivity contribution in [2.24, 2.45) is 4.99 Å². The summed E-state index contributed by atoms with van der Waals surface area (Å²) in [6.45, 7) is 1.52. The number of hydrogen-bond donors (Lipinski definition) is 2. The minimum absolute atomic E-state index is 0.752. The Bertz CT molecular complexity index is 588. The molecule has 0 fully saturated rings. The molecule has 2 aromatic rings. The molecule has 22 heavy (non-hydrogen) atoms. The molecule has 0 amide bonds. The van der Waals surface area contributed by atoms with E-state index in [-0.39, 0.29) is 0 Å². The molecule has 116 valence electrons. The smallest absolute Gasteiger partial charge is 0.191 e. The van der Waals surface area contributed by atoms with Gasteiger partial charge in [-0.05, 0) is 23.3 Å². The topological polar surface area (TPSA) is 39.7 Å². The Kier molecular flexibility index (Phi) is 5.83. The fraction of sp³-hybridized carbons (Fsp3) is 0.278. The molecule has 0 saturated carbocycles. The van der Waals surface area contributed by atoms with Crippen LogP contribution < -0.4 is 15.5 Å². The Morgan fingerprint density at radius 1 is 0.864 bits per heavy atom. The Balaban J connectivity index is 1.83. The van der Waals surface area contributed by atoms with Crippen LogP contribution in [0.15, 0.2) is 59.6 Å². The van der Waals surface area contributed by atoms with Crippen LogP contribution >= 0.6 is 0 Å². The zero-order chi connectivity index (χ0) is 15.8. The molecule has 0 atom stereocenters. The summed E-state index contributed by atoms with van der Waals surface area (Å²) >= 11 is 0. The highest BCUT2D eigenvalue weighted by Gasteiger charge is 2.00. The number of guanidine groups is 1. The van der Waals surface area contributed by atoms with Crippen molar-refractivity contribution >= 4 is 11.6 Å². The van der Waals surface area contributed by atoms with Crippen molar-refractivity contribution in [1.82, 2.24) is 10.6 Å². The first-order chi connectivity index (χ1) is 10.7. The van der Waals surface area contributed by atoms with Gasteiger partial charge in [0.1, 0.15) is 0 Å². The van der Waals surface area contributed by atoms with Gasteiger partial charge in [-0.1, -0.05) is 42.5 Å². The maximum Gasteiger partial charge on any atom is 0.191 e. The van der Waals surface area contributed by atoms with E-state index in [4.69, 9.17) is 0 Å². The maximum absolute atomic E-state index is 4.25. The highest BCUT2D eigenvalue weighted by Crippen LogP contribution is 2.11. The number of nitrogens with one attached hydrogen (secondary N) is 2. The van der Waals surface area contributed by atoms with E-state index in [9.17, 15) is 0 Å². The van der Waals surface area contributed by atoms with Crippen molar-refractivity contribution in [3.8, 4) is 0 Å². The summed E-state index contributed by atoms with van der Waals surface area (Å²) in [5.41, 5.74) is 3.67. The van der Waals surface area contributed by atoms with Gasteiger partial charge in [-0.3, -0.25) is 4.99 Å². The molecule has 4 nitrogen and oxygen atoms in total. The van der Waals surface area contributed by atoms with Crippen LogP contribution in [-0.2, 0) is 13.1 Å². The fourth-order valence-electron chi connectivity index (χ4n) is 2.10. The van der Waals surface area contributed by atoms with E-state index in [1.165, 1.54) is 16.8 Å². The molecule has 0 unspecified atom stereocenters. The molecular weight excluding hydrogens is 272 g/mol. The number of aliphatic imine (C=N–C) groups is 1. The molecule has 0 aromatic heterocycles. The van der Waals surface area contributed by atoms with Gasteiger partial charge in [0.2, 0.25) is 0 Å². The second-order valence-electron chi connectivity index (χ2n) is 5.33. The van der Waals surface area contributed by atoms with E-state index in [0.29, 0.717) is 0 Å². The Morgan fingerprint density at radius 2 is 1.41 bits per heavy atom. The molecule has 0 aliphatic rings. The van der Waals surface area contributed by atoms with E-state index in [1.807, 2.05) is 32.3 Å². The van der Waals surface area contributed by atoms with Gasteiger partial charge in [0, 0.05) is 39.9 Å². The summed E-state index contributed by atoms with van der Waals surface area (Å²) in [5, 5.41) is 6.65. The lowest BCUT2D eigenvalue weighted by Crippen LogP contribution is -2.36. The zero-order valence-electron chi connectivity index (χ0n) is 13.5. The molecule has 0 aliphatic carbocycles. The molecule has 0 aliphatic heterocycles. The summed E-state index contributed by atoms with van der Waals surface area (Å²) < 4.78 is 0. The summed E-state index contributed by atoms with van der Waals surface area (Å²) in [5.74, 6) is 0.806. The molecule has 0 radical (unpaired) electrons. The highest BCUT2D eigenvalue weighted by atomic mass is 15.2. The normalized spacial score (nSPS) is 11.1. The van der Waals surface area contributed by atoms with Crippen molar-refractivity contribution in [3.63, 3.8) is 0 Å². The summed E-state index contributed by atoms with van der Waals surface area (Å²) in [6.07, 6.45) is 0. The lowest BCUT2D eigenvalue weighted by Gasteiger charge is -2.14. The van der Waals surface area contributed by atoms with Crippen molar-refractivity contribution < 1.29 is 0 Å². The first-order valence-corrected chi connectivity index (χ1v) is 7.44. The molecule has 4 heteroatoms. The number of rotatable bonds is 5. The minimum atomic E-state index is 0.752. The largest absolute Gasteiger partial charge is 0.378 e. The lowest BCUT2D eigenvalue weighted by molar-refractivity contribution is 0.809. The number of anilines is 1. The lowest BCUT2D eigenvalue weighted by atomic mass is 10.2. The number of nitrogens with zero attached hydrogens (tertiary/aromatic N) is 2. The van der Waals surface area contributed by atoms with Gasteiger partial charge < -0.3 is 15.5 Å². The predicted molar refractivity (Wildman–Crippen MR) is 94.2 cm³/mol. The maximum atomic E-state index is 4.25. The number of benzene rings is 2. The first-order valence-electron chi connectivity index (χ1n) is 7.44. The Labute approximate surface area is 132 Å². The molecule has 2 N–H and O–H groups in total. The van der Waals surface area contributed by atoms with E-state index in [1.54, 1.807) is 7.05 Å². The molecule has 0 spiro atoms. The van der Waals surface area contributed by atoms with Crippen LogP contribution in [0.4, 0.5) is 5.69 Å². The third-order valence-corrected chi connectivity index (χ3v) is 3.44. The Morgan fingerprint density at radius 3 is 1.91 bits per heavy atom. The van der Waals surface area contributed by atoms with Crippen LogP contribution in [0.25, 0.3) is 0 Å². The van der Waals surface area contributed by atoms with Gasteiger partial charge in [-0.25, -0.2) is 0 Å². The molecule has 2 aromatic carbocycles. The monoisotopic (exact) mass is 296 g/mol.